The molecule has 1 heterocycles. The second-order valence-electron chi connectivity index (χ2n) is 4.44. The maximum absolute atomic E-state index is 13.9. The number of carbonyl (C=O) groups is 1. The number of benzene rings is 1. The summed E-state index contributed by atoms with van der Waals surface area (Å²) < 4.78 is 20.2. The van der Waals surface area contributed by atoms with Crippen molar-refractivity contribution in [2.75, 3.05) is 13.1 Å². The van der Waals surface area contributed by atoms with E-state index in [2.05, 4.69) is 15.9 Å². The van der Waals surface area contributed by atoms with E-state index in [4.69, 9.17) is 15.1 Å². The quantitative estimate of drug-likeness (QED) is 0.896. The molecule has 1 aliphatic heterocycles. The minimum absolute atomic E-state index is 0.210. The summed E-state index contributed by atoms with van der Waals surface area (Å²) in [7, 11) is 0. The summed E-state index contributed by atoms with van der Waals surface area (Å²) in [5, 5.41) is 17.8. The van der Waals surface area contributed by atoms with Gasteiger partial charge < -0.3 is 14.7 Å². The highest BCUT2D eigenvalue weighted by Crippen LogP contribution is 2.26. The van der Waals surface area contributed by atoms with Crippen molar-refractivity contribution in [2.45, 2.75) is 18.7 Å². The molecule has 5 nitrogen and oxygen atoms in total. The van der Waals surface area contributed by atoms with E-state index in [-0.39, 0.29) is 19.5 Å². The first-order valence-corrected chi connectivity index (χ1v) is 6.79. The molecule has 0 aromatic heterocycles. The van der Waals surface area contributed by atoms with Crippen LogP contribution in [0.5, 0.6) is 5.75 Å². The largest absolute Gasteiger partial charge is 0.486 e. The fourth-order valence-electron chi connectivity index (χ4n) is 2.05. The first kappa shape index (κ1) is 14.6. The van der Waals surface area contributed by atoms with Gasteiger partial charge in [-0.15, -0.1) is 0 Å². The standard InChI is InChI=1S/C13H12BrFN2O3/c14-9-1-2-11(8(5-9)6-16)20-12-3-4-17(13(18)19)7-10(12)15/h1-2,5,10,12H,3-4,7H2,(H,18,19). The monoisotopic (exact) mass is 342 g/mol. The number of piperidine rings is 1. The molecule has 7 heteroatoms. The van der Waals surface area contributed by atoms with E-state index >= 15 is 0 Å². The van der Waals surface area contributed by atoms with Gasteiger partial charge in [-0.05, 0) is 18.2 Å². The lowest BCUT2D eigenvalue weighted by molar-refractivity contribution is 0.0247. The van der Waals surface area contributed by atoms with E-state index in [0.717, 1.165) is 9.37 Å². The van der Waals surface area contributed by atoms with Gasteiger partial charge in [0.15, 0.2) is 6.17 Å². The van der Waals surface area contributed by atoms with Crippen molar-refractivity contribution in [3.05, 3.63) is 28.2 Å². The highest BCUT2D eigenvalue weighted by molar-refractivity contribution is 9.10. The molecule has 1 amide bonds. The summed E-state index contributed by atoms with van der Waals surface area (Å²) in [6.07, 6.45) is -3.02. The van der Waals surface area contributed by atoms with E-state index < -0.39 is 18.4 Å². The zero-order valence-electron chi connectivity index (χ0n) is 10.4. The van der Waals surface area contributed by atoms with Gasteiger partial charge in [0.2, 0.25) is 0 Å². The lowest BCUT2D eigenvalue weighted by Crippen LogP contribution is -2.48. The number of hydrogen-bond donors (Lipinski definition) is 1. The van der Waals surface area contributed by atoms with Crippen LogP contribution in [-0.2, 0) is 0 Å². The number of carboxylic acid groups (broad SMARTS) is 1. The summed E-state index contributed by atoms with van der Waals surface area (Å²) in [4.78, 5) is 11.8. The molecule has 1 aliphatic rings. The third-order valence-corrected chi connectivity index (χ3v) is 3.59. The van der Waals surface area contributed by atoms with Gasteiger partial charge in [0.05, 0.1) is 12.1 Å². The molecule has 1 saturated heterocycles. The van der Waals surface area contributed by atoms with Crippen LogP contribution < -0.4 is 4.74 Å². The number of nitrogens with zero attached hydrogens (tertiary/aromatic N) is 2. The predicted molar refractivity (Wildman–Crippen MR) is 72.4 cm³/mol. The molecular formula is C13H12BrFN2O3. The Kier molecular flexibility index (Phi) is 4.45. The van der Waals surface area contributed by atoms with Gasteiger partial charge in [0.1, 0.15) is 17.9 Å². The number of alkyl halides is 1. The van der Waals surface area contributed by atoms with Crippen molar-refractivity contribution in [1.29, 1.82) is 5.26 Å². The Balaban J connectivity index is 2.08. The number of ether oxygens (including phenoxy) is 1. The smallest absolute Gasteiger partial charge is 0.407 e. The van der Waals surface area contributed by atoms with E-state index in [1.807, 2.05) is 6.07 Å². The van der Waals surface area contributed by atoms with Crippen LogP contribution in [-0.4, -0.2) is 41.5 Å². The van der Waals surface area contributed by atoms with Gasteiger partial charge in [-0.2, -0.15) is 5.26 Å². The molecule has 2 atom stereocenters. The number of likely N-dealkylation sites (tertiary alicyclic amines) is 1. The average molecular weight is 343 g/mol. The minimum Gasteiger partial charge on any atom is -0.486 e. The van der Waals surface area contributed by atoms with Crippen LogP contribution in [0, 0.1) is 11.3 Å². The Morgan fingerprint density at radius 3 is 2.95 bits per heavy atom. The van der Waals surface area contributed by atoms with E-state index in [9.17, 15) is 9.18 Å². The Hall–Kier alpha value is -1.81. The van der Waals surface area contributed by atoms with Gasteiger partial charge in [0.25, 0.3) is 0 Å². The van der Waals surface area contributed by atoms with Crippen LogP contribution in [0.15, 0.2) is 22.7 Å². The second-order valence-corrected chi connectivity index (χ2v) is 5.36. The van der Waals surface area contributed by atoms with Crippen molar-refractivity contribution in [3.63, 3.8) is 0 Å². The molecular weight excluding hydrogens is 331 g/mol. The molecule has 1 aromatic rings. The first-order chi connectivity index (χ1) is 9.51. The van der Waals surface area contributed by atoms with Crippen molar-refractivity contribution in [3.8, 4) is 11.8 Å². The molecule has 2 unspecified atom stereocenters. The highest BCUT2D eigenvalue weighted by Gasteiger charge is 2.33. The number of halogens is 2. The van der Waals surface area contributed by atoms with Gasteiger partial charge in [-0.25, -0.2) is 9.18 Å². The lowest BCUT2D eigenvalue weighted by Gasteiger charge is -2.33. The Morgan fingerprint density at radius 2 is 2.35 bits per heavy atom. The normalized spacial score (nSPS) is 22.1. The zero-order valence-corrected chi connectivity index (χ0v) is 12.0. The highest BCUT2D eigenvalue weighted by atomic mass is 79.9. The summed E-state index contributed by atoms with van der Waals surface area (Å²) in [5.41, 5.74) is 0.312. The number of nitriles is 1. The minimum atomic E-state index is -1.41. The van der Waals surface area contributed by atoms with E-state index in [1.165, 1.54) is 0 Å². The Labute approximate surface area is 123 Å². The van der Waals surface area contributed by atoms with Crippen LogP contribution in [0.1, 0.15) is 12.0 Å². The van der Waals surface area contributed by atoms with Crippen LogP contribution >= 0.6 is 15.9 Å². The second kappa shape index (κ2) is 6.09. The van der Waals surface area contributed by atoms with Gasteiger partial charge >= 0.3 is 6.09 Å². The molecule has 106 valence electrons. The zero-order chi connectivity index (χ0) is 14.7. The van der Waals surface area contributed by atoms with Crippen molar-refractivity contribution < 1.29 is 19.0 Å². The molecule has 1 N–H and O–H groups in total. The third kappa shape index (κ3) is 3.20. The molecule has 0 bridgehead atoms. The maximum atomic E-state index is 13.9. The Bertz CT molecular complexity index is 561. The fourth-order valence-corrected chi connectivity index (χ4v) is 2.41. The lowest BCUT2D eigenvalue weighted by atomic mass is 10.1. The SMILES string of the molecule is N#Cc1cc(Br)ccc1OC1CCN(C(=O)O)CC1F. The van der Waals surface area contributed by atoms with Crippen LogP contribution in [0.2, 0.25) is 0 Å². The first-order valence-electron chi connectivity index (χ1n) is 5.99. The molecule has 0 radical (unpaired) electrons. The van der Waals surface area contributed by atoms with Gasteiger partial charge in [0, 0.05) is 17.4 Å². The summed E-state index contributed by atoms with van der Waals surface area (Å²) in [6.45, 7) is 0.0112. The maximum Gasteiger partial charge on any atom is 0.407 e. The molecule has 1 aromatic carbocycles. The van der Waals surface area contributed by atoms with E-state index in [0.29, 0.717) is 11.3 Å². The molecule has 1 fully saturated rings. The fraction of sp³-hybridized carbons (Fsp3) is 0.385. The van der Waals surface area contributed by atoms with Crippen LogP contribution in [0.25, 0.3) is 0 Å². The van der Waals surface area contributed by atoms with Crippen molar-refractivity contribution in [2.24, 2.45) is 0 Å². The van der Waals surface area contributed by atoms with Crippen molar-refractivity contribution >= 4 is 22.0 Å². The number of rotatable bonds is 2. The number of hydrogen-bond acceptors (Lipinski definition) is 3. The molecule has 0 spiro atoms. The molecule has 0 saturated carbocycles. The van der Waals surface area contributed by atoms with E-state index in [1.54, 1.807) is 18.2 Å². The third-order valence-electron chi connectivity index (χ3n) is 3.09. The summed E-state index contributed by atoms with van der Waals surface area (Å²) in [5.74, 6) is 0.312. The molecule has 20 heavy (non-hydrogen) atoms. The number of amides is 1. The average Bonchev–Trinajstić information content (AvgIpc) is 2.42. The van der Waals surface area contributed by atoms with Crippen LogP contribution in [0.4, 0.5) is 9.18 Å². The van der Waals surface area contributed by atoms with Gasteiger partial charge in [-0.1, -0.05) is 15.9 Å². The predicted octanol–water partition coefficient (Wildman–Crippen LogP) is 2.79. The summed E-state index contributed by atoms with van der Waals surface area (Å²) in [6, 6.07) is 6.88. The van der Waals surface area contributed by atoms with Crippen LogP contribution in [0.3, 0.4) is 0 Å². The van der Waals surface area contributed by atoms with Crippen molar-refractivity contribution in [1.82, 2.24) is 4.90 Å². The molecule has 2 rings (SSSR count). The Morgan fingerprint density at radius 1 is 1.60 bits per heavy atom. The van der Waals surface area contributed by atoms with Gasteiger partial charge in [-0.3, -0.25) is 0 Å². The topological polar surface area (TPSA) is 73.6 Å². The summed E-state index contributed by atoms with van der Waals surface area (Å²) >= 11 is 3.25. The molecule has 0 aliphatic carbocycles.